The molecular weight excluding hydrogens is 252 g/mol. The molecule has 2 rings (SSSR count). The number of hydrogen-bond donors (Lipinski definition) is 1. The standard InChI is InChI=1S/C16H22N2O2/c1-3-15(4-2)18-10-9-14(17-18)12-20-16-7-5-13(11-19)6-8-16/h5-10,15,19H,3-4,11-12H2,1-2H3. The molecule has 0 amide bonds. The van der Waals surface area contributed by atoms with Crippen molar-refractivity contribution < 1.29 is 9.84 Å². The van der Waals surface area contributed by atoms with Crippen LogP contribution >= 0.6 is 0 Å². The Morgan fingerprint density at radius 3 is 2.45 bits per heavy atom. The third-order valence-electron chi connectivity index (χ3n) is 3.47. The van der Waals surface area contributed by atoms with E-state index < -0.39 is 0 Å². The molecule has 0 bridgehead atoms. The van der Waals surface area contributed by atoms with E-state index in [-0.39, 0.29) is 6.61 Å². The van der Waals surface area contributed by atoms with Gasteiger partial charge in [-0.2, -0.15) is 5.10 Å². The molecule has 0 saturated heterocycles. The zero-order valence-corrected chi connectivity index (χ0v) is 12.1. The largest absolute Gasteiger partial charge is 0.487 e. The fourth-order valence-electron chi connectivity index (χ4n) is 2.17. The molecule has 1 aromatic heterocycles. The Bertz CT molecular complexity index is 516. The molecule has 0 atom stereocenters. The molecule has 0 aliphatic carbocycles. The predicted molar refractivity (Wildman–Crippen MR) is 78.5 cm³/mol. The van der Waals surface area contributed by atoms with Gasteiger partial charge in [-0.25, -0.2) is 0 Å². The first-order valence-corrected chi connectivity index (χ1v) is 7.13. The van der Waals surface area contributed by atoms with Gasteiger partial charge < -0.3 is 9.84 Å². The van der Waals surface area contributed by atoms with Crippen molar-refractivity contribution in [3.8, 4) is 5.75 Å². The van der Waals surface area contributed by atoms with Crippen LogP contribution in [-0.4, -0.2) is 14.9 Å². The molecule has 108 valence electrons. The fourth-order valence-corrected chi connectivity index (χ4v) is 2.17. The Hall–Kier alpha value is -1.81. The van der Waals surface area contributed by atoms with Crippen LogP contribution in [0, 0.1) is 0 Å². The first-order chi connectivity index (χ1) is 9.76. The minimum Gasteiger partial charge on any atom is -0.487 e. The zero-order valence-electron chi connectivity index (χ0n) is 12.1. The molecule has 1 heterocycles. The van der Waals surface area contributed by atoms with Crippen LogP contribution in [-0.2, 0) is 13.2 Å². The van der Waals surface area contributed by atoms with Gasteiger partial charge in [0.15, 0.2) is 0 Å². The first kappa shape index (κ1) is 14.6. The van der Waals surface area contributed by atoms with Gasteiger partial charge in [0.1, 0.15) is 12.4 Å². The average molecular weight is 274 g/mol. The lowest BCUT2D eigenvalue weighted by Gasteiger charge is -2.12. The summed E-state index contributed by atoms with van der Waals surface area (Å²) >= 11 is 0. The SMILES string of the molecule is CCC(CC)n1ccc(COc2ccc(CO)cc2)n1. The molecule has 4 heteroatoms. The molecule has 0 aliphatic heterocycles. The van der Waals surface area contributed by atoms with Crippen LogP contribution in [0.3, 0.4) is 0 Å². The topological polar surface area (TPSA) is 47.3 Å². The van der Waals surface area contributed by atoms with Crippen LogP contribution in [0.2, 0.25) is 0 Å². The summed E-state index contributed by atoms with van der Waals surface area (Å²) < 4.78 is 7.72. The normalized spacial score (nSPS) is 11.0. The summed E-state index contributed by atoms with van der Waals surface area (Å²) in [4.78, 5) is 0. The van der Waals surface area contributed by atoms with E-state index in [2.05, 4.69) is 18.9 Å². The molecule has 0 aliphatic rings. The molecule has 2 aromatic rings. The number of aliphatic hydroxyl groups is 1. The Kier molecular flexibility index (Phi) is 5.18. The maximum Gasteiger partial charge on any atom is 0.132 e. The summed E-state index contributed by atoms with van der Waals surface area (Å²) in [5, 5.41) is 13.5. The third-order valence-corrected chi connectivity index (χ3v) is 3.47. The zero-order chi connectivity index (χ0) is 14.4. The summed E-state index contributed by atoms with van der Waals surface area (Å²) in [6.07, 6.45) is 4.19. The number of nitrogens with zero attached hydrogens (tertiary/aromatic N) is 2. The van der Waals surface area contributed by atoms with Crippen LogP contribution in [0.25, 0.3) is 0 Å². The van der Waals surface area contributed by atoms with E-state index in [9.17, 15) is 0 Å². The Balaban J connectivity index is 1.93. The van der Waals surface area contributed by atoms with Gasteiger partial charge >= 0.3 is 0 Å². The summed E-state index contributed by atoms with van der Waals surface area (Å²) in [6, 6.07) is 9.91. The van der Waals surface area contributed by atoms with Crippen LogP contribution in [0.1, 0.15) is 44.0 Å². The van der Waals surface area contributed by atoms with Crippen molar-refractivity contribution in [3.05, 3.63) is 47.8 Å². The van der Waals surface area contributed by atoms with Gasteiger partial charge in [-0.1, -0.05) is 26.0 Å². The second kappa shape index (κ2) is 7.10. The maximum absolute atomic E-state index is 8.98. The summed E-state index contributed by atoms with van der Waals surface area (Å²) in [5.74, 6) is 0.791. The fraction of sp³-hybridized carbons (Fsp3) is 0.438. The molecule has 0 unspecified atom stereocenters. The van der Waals surface area contributed by atoms with E-state index in [0.29, 0.717) is 12.6 Å². The number of aliphatic hydroxyl groups excluding tert-OH is 1. The van der Waals surface area contributed by atoms with Gasteiger partial charge in [-0.05, 0) is 36.6 Å². The molecule has 0 fully saturated rings. The molecule has 0 radical (unpaired) electrons. The van der Waals surface area contributed by atoms with E-state index in [1.807, 2.05) is 41.2 Å². The third kappa shape index (κ3) is 3.61. The van der Waals surface area contributed by atoms with Crippen LogP contribution in [0.15, 0.2) is 36.5 Å². The van der Waals surface area contributed by atoms with Gasteiger partial charge in [0.25, 0.3) is 0 Å². The van der Waals surface area contributed by atoms with Gasteiger partial charge in [-0.15, -0.1) is 0 Å². The lowest BCUT2D eigenvalue weighted by atomic mass is 10.2. The van der Waals surface area contributed by atoms with Crippen molar-refractivity contribution >= 4 is 0 Å². The number of benzene rings is 1. The van der Waals surface area contributed by atoms with E-state index in [4.69, 9.17) is 9.84 Å². The lowest BCUT2D eigenvalue weighted by molar-refractivity contribution is 0.280. The number of ether oxygens (including phenoxy) is 1. The predicted octanol–water partition coefficient (Wildman–Crippen LogP) is 3.32. The highest BCUT2D eigenvalue weighted by atomic mass is 16.5. The number of aromatic nitrogens is 2. The second-order valence-electron chi connectivity index (χ2n) is 4.85. The monoisotopic (exact) mass is 274 g/mol. The van der Waals surface area contributed by atoms with E-state index in [1.165, 1.54) is 0 Å². The smallest absolute Gasteiger partial charge is 0.132 e. The molecule has 0 spiro atoms. The number of hydrogen-bond acceptors (Lipinski definition) is 3. The first-order valence-electron chi connectivity index (χ1n) is 7.13. The number of rotatable bonds is 7. The Morgan fingerprint density at radius 1 is 1.15 bits per heavy atom. The van der Waals surface area contributed by atoms with Crippen molar-refractivity contribution in [3.63, 3.8) is 0 Å². The van der Waals surface area contributed by atoms with Gasteiger partial charge in [0.05, 0.1) is 18.3 Å². The van der Waals surface area contributed by atoms with E-state index in [0.717, 1.165) is 29.8 Å². The summed E-state index contributed by atoms with van der Waals surface area (Å²) in [7, 11) is 0. The molecule has 1 N–H and O–H groups in total. The van der Waals surface area contributed by atoms with Crippen LogP contribution in [0.4, 0.5) is 0 Å². The molecule has 1 aromatic carbocycles. The molecular formula is C16H22N2O2. The molecule has 4 nitrogen and oxygen atoms in total. The molecule has 0 saturated carbocycles. The van der Waals surface area contributed by atoms with Crippen LogP contribution < -0.4 is 4.74 Å². The van der Waals surface area contributed by atoms with E-state index in [1.54, 1.807) is 0 Å². The van der Waals surface area contributed by atoms with Gasteiger partial charge in [-0.3, -0.25) is 4.68 Å². The average Bonchev–Trinajstić information content (AvgIpc) is 2.96. The van der Waals surface area contributed by atoms with Crippen molar-refractivity contribution in [2.75, 3.05) is 0 Å². The van der Waals surface area contributed by atoms with Gasteiger partial charge in [0.2, 0.25) is 0 Å². The van der Waals surface area contributed by atoms with Crippen molar-refractivity contribution in [1.29, 1.82) is 0 Å². The summed E-state index contributed by atoms with van der Waals surface area (Å²) in [5.41, 5.74) is 1.82. The highest BCUT2D eigenvalue weighted by Crippen LogP contribution is 2.16. The quantitative estimate of drug-likeness (QED) is 0.842. The minimum absolute atomic E-state index is 0.0557. The maximum atomic E-state index is 8.98. The van der Waals surface area contributed by atoms with Gasteiger partial charge in [0, 0.05) is 6.20 Å². The van der Waals surface area contributed by atoms with Crippen molar-refractivity contribution in [1.82, 2.24) is 9.78 Å². The Morgan fingerprint density at radius 2 is 1.85 bits per heavy atom. The minimum atomic E-state index is 0.0557. The highest BCUT2D eigenvalue weighted by molar-refractivity contribution is 5.26. The second-order valence-corrected chi connectivity index (χ2v) is 4.85. The van der Waals surface area contributed by atoms with Crippen molar-refractivity contribution in [2.45, 2.75) is 45.9 Å². The van der Waals surface area contributed by atoms with Crippen LogP contribution in [0.5, 0.6) is 5.75 Å². The Labute approximate surface area is 120 Å². The van der Waals surface area contributed by atoms with Crippen molar-refractivity contribution in [2.24, 2.45) is 0 Å². The van der Waals surface area contributed by atoms with E-state index >= 15 is 0 Å². The summed E-state index contributed by atoms with van der Waals surface area (Å²) in [6.45, 7) is 4.87. The lowest BCUT2D eigenvalue weighted by Crippen LogP contribution is -2.08. The molecule has 20 heavy (non-hydrogen) atoms. The highest BCUT2D eigenvalue weighted by Gasteiger charge is 2.08.